The standard InChI is InChI=1S/C14H12O/c1-2-14(15)10-11-7-8-12-5-3-4-6-13(12)9-11/h2-9H,1,10H2. The highest BCUT2D eigenvalue weighted by Gasteiger charge is 2.00. The molecule has 0 amide bonds. The summed E-state index contributed by atoms with van der Waals surface area (Å²) in [5.41, 5.74) is 1.04. The van der Waals surface area contributed by atoms with E-state index in [0.29, 0.717) is 6.42 Å². The number of ketones is 1. The predicted molar refractivity (Wildman–Crippen MR) is 62.9 cm³/mol. The lowest BCUT2D eigenvalue weighted by Crippen LogP contribution is -1.97. The van der Waals surface area contributed by atoms with Gasteiger partial charge < -0.3 is 0 Å². The highest BCUT2D eigenvalue weighted by atomic mass is 16.1. The number of rotatable bonds is 3. The van der Waals surface area contributed by atoms with Gasteiger partial charge in [0.1, 0.15) is 0 Å². The highest BCUT2D eigenvalue weighted by molar-refractivity contribution is 5.92. The minimum Gasteiger partial charge on any atom is -0.295 e. The van der Waals surface area contributed by atoms with Crippen molar-refractivity contribution in [3.63, 3.8) is 0 Å². The molecule has 0 aliphatic rings. The van der Waals surface area contributed by atoms with Gasteiger partial charge in [0.2, 0.25) is 0 Å². The van der Waals surface area contributed by atoms with Gasteiger partial charge in [-0.25, -0.2) is 0 Å². The first-order chi connectivity index (χ1) is 7.29. The average Bonchev–Trinajstić information content (AvgIpc) is 2.29. The van der Waals surface area contributed by atoms with Crippen LogP contribution in [0.15, 0.2) is 55.1 Å². The predicted octanol–water partition coefficient (Wildman–Crippen LogP) is 3.14. The van der Waals surface area contributed by atoms with Crippen molar-refractivity contribution in [2.24, 2.45) is 0 Å². The van der Waals surface area contributed by atoms with E-state index in [1.54, 1.807) is 0 Å². The molecule has 0 unspecified atom stereocenters. The van der Waals surface area contributed by atoms with Crippen molar-refractivity contribution in [1.82, 2.24) is 0 Å². The first-order valence-corrected chi connectivity index (χ1v) is 4.92. The van der Waals surface area contributed by atoms with E-state index in [1.165, 1.54) is 16.8 Å². The van der Waals surface area contributed by atoms with Gasteiger partial charge >= 0.3 is 0 Å². The van der Waals surface area contributed by atoms with Crippen LogP contribution >= 0.6 is 0 Å². The molecular weight excluding hydrogens is 184 g/mol. The Morgan fingerprint density at radius 2 is 1.87 bits per heavy atom. The number of fused-ring (bicyclic) bond motifs is 1. The summed E-state index contributed by atoms with van der Waals surface area (Å²) in [5.74, 6) is 0.0604. The van der Waals surface area contributed by atoms with Gasteiger partial charge in [-0.15, -0.1) is 0 Å². The quantitative estimate of drug-likeness (QED) is 0.689. The zero-order valence-electron chi connectivity index (χ0n) is 8.44. The number of hydrogen-bond acceptors (Lipinski definition) is 1. The van der Waals surface area contributed by atoms with Crippen LogP contribution in [0.4, 0.5) is 0 Å². The monoisotopic (exact) mass is 196 g/mol. The van der Waals surface area contributed by atoms with Gasteiger partial charge in [-0.05, 0) is 22.4 Å². The van der Waals surface area contributed by atoms with E-state index >= 15 is 0 Å². The molecule has 0 N–H and O–H groups in total. The molecule has 0 bridgehead atoms. The van der Waals surface area contributed by atoms with Crippen molar-refractivity contribution in [3.05, 3.63) is 60.7 Å². The smallest absolute Gasteiger partial charge is 0.159 e. The van der Waals surface area contributed by atoms with Gasteiger partial charge in [0.25, 0.3) is 0 Å². The Morgan fingerprint density at radius 3 is 2.60 bits per heavy atom. The molecule has 2 aromatic carbocycles. The molecule has 1 heteroatoms. The maximum absolute atomic E-state index is 11.2. The van der Waals surface area contributed by atoms with Crippen LogP contribution < -0.4 is 0 Å². The normalized spacial score (nSPS) is 10.1. The number of carbonyl (C=O) groups is 1. The number of hydrogen-bond donors (Lipinski definition) is 0. The lowest BCUT2D eigenvalue weighted by Gasteiger charge is -2.01. The molecule has 0 saturated heterocycles. The van der Waals surface area contributed by atoms with Crippen LogP contribution in [0.3, 0.4) is 0 Å². The Labute approximate surface area is 89.0 Å². The molecule has 0 aliphatic carbocycles. The molecule has 0 aromatic heterocycles. The molecule has 0 fully saturated rings. The van der Waals surface area contributed by atoms with E-state index < -0.39 is 0 Å². The Hall–Kier alpha value is -1.89. The summed E-state index contributed by atoms with van der Waals surface area (Å²) in [6.45, 7) is 3.47. The molecular formula is C14H12O. The Kier molecular flexibility index (Phi) is 2.64. The van der Waals surface area contributed by atoms with Gasteiger partial charge in [0, 0.05) is 6.42 Å². The van der Waals surface area contributed by atoms with Crippen LogP contribution in [-0.4, -0.2) is 5.78 Å². The largest absolute Gasteiger partial charge is 0.295 e. The van der Waals surface area contributed by atoms with Crippen LogP contribution in [0.25, 0.3) is 10.8 Å². The second kappa shape index (κ2) is 4.09. The van der Waals surface area contributed by atoms with E-state index in [4.69, 9.17) is 0 Å². The minimum atomic E-state index is 0.0604. The first-order valence-electron chi connectivity index (χ1n) is 4.92. The molecule has 0 aliphatic heterocycles. The second-order valence-electron chi connectivity index (χ2n) is 3.53. The third-order valence-electron chi connectivity index (χ3n) is 2.42. The molecule has 1 nitrogen and oxygen atoms in total. The van der Waals surface area contributed by atoms with Crippen molar-refractivity contribution in [2.75, 3.05) is 0 Å². The van der Waals surface area contributed by atoms with Crippen LogP contribution in [0.2, 0.25) is 0 Å². The van der Waals surface area contributed by atoms with Crippen molar-refractivity contribution in [3.8, 4) is 0 Å². The van der Waals surface area contributed by atoms with E-state index in [-0.39, 0.29) is 5.78 Å². The van der Waals surface area contributed by atoms with Crippen LogP contribution in [0, 0.1) is 0 Å². The zero-order valence-corrected chi connectivity index (χ0v) is 8.44. The average molecular weight is 196 g/mol. The van der Waals surface area contributed by atoms with Gasteiger partial charge in [0.05, 0.1) is 0 Å². The fourth-order valence-corrected chi connectivity index (χ4v) is 1.62. The lowest BCUT2D eigenvalue weighted by atomic mass is 10.0. The summed E-state index contributed by atoms with van der Waals surface area (Å²) in [6, 6.07) is 14.2. The number of carbonyl (C=O) groups excluding carboxylic acids is 1. The van der Waals surface area contributed by atoms with Gasteiger partial charge in [-0.3, -0.25) is 4.79 Å². The molecule has 0 spiro atoms. The fraction of sp³-hybridized carbons (Fsp3) is 0.0714. The molecule has 74 valence electrons. The van der Waals surface area contributed by atoms with Crippen LogP contribution in [-0.2, 0) is 11.2 Å². The molecule has 15 heavy (non-hydrogen) atoms. The fourth-order valence-electron chi connectivity index (χ4n) is 1.62. The highest BCUT2D eigenvalue weighted by Crippen LogP contribution is 2.16. The number of allylic oxidation sites excluding steroid dienone is 1. The SMILES string of the molecule is C=CC(=O)Cc1ccc2ccccc2c1. The second-order valence-corrected chi connectivity index (χ2v) is 3.53. The zero-order chi connectivity index (χ0) is 10.7. The topological polar surface area (TPSA) is 17.1 Å². The lowest BCUT2D eigenvalue weighted by molar-refractivity contribution is -0.114. The summed E-state index contributed by atoms with van der Waals surface area (Å²) >= 11 is 0. The third-order valence-corrected chi connectivity index (χ3v) is 2.42. The molecule has 2 aromatic rings. The van der Waals surface area contributed by atoms with Crippen molar-refractivity contribution in [1.29, 1.82) is 0 Å². The van der Waals surface area contributed by atoms with Crippen LogP contribution in [0.5, 0.6) is 0 Å². The van der Waals surface area contributed by atoms with E-state index in [1.807, 2.05) is 24.3 Å². The van der Waals surface area contributed by atoms with Crippen LogP contribution in [0.1, 0.15) is 5.56 Å². The summed E-state index contributed by atoms with van der Waals surface area (Å²) in [6.07, 6.45) is 1.81. The van der Waals surface area contributed by atoms with Gasteiger partial charge in [0.15, 0.2) is 5.78 Å². The van der Waals surface area contributed by atoms with Crippen molar-refractivity contribution >= 4 is 16.6 Å². The van der Waals surface area contributed by atoms with Gasteiger partial charge in [-0.1, -0.05) is 49.0 Å². The van der Waals surface area contributed by atoms with Crippen molar-refractivity contribution < 1.29 is 4.79 Å². The first kappa shape index (κ1) is 9.66. The number of benzene rings is 2. The molecule has 2 rings (SSSR count). The Bertz CT molecular complexity index is 511. The van der Waals surface area contributed by atoms with E-state index in [2.05, 4.69) is 24.8 Å². The third kappa shape index (κ3) is 2.13. The van der Waals surface area contributed by atoms with E-state index in [0.717, 1.165) is 5.56 Å². The minimum absolute atomic E-state index is 0.0604. The Balaban J connectivity index is 2.38. The molecule has 0 heterocycles. The summed E-state index contributed by atoms with van der Waals surface area (Å²) in [4.78, 5) is 11.2. The van der Waals surface area contributed by atoms with Gasteiger partial charge in [-0.2, -0.15) is 0 Å². The maximum Gasteiger partial charge on any atom is 0.159 e. The van der Waals surface area contributed by atoms with Crippen molar-refractivity contribution in [2.45, 2.75) is 6.42 Å². The molecule has 0 saturated carbocycles. The molecule has 0 radical (unpaired) electrons. The summed E-state index contributed by atoms with van der Waals surface area (Å²) in [5, 5.41) is 2.37. The summed E-state index contributed by atoms with van der Waals surface area (Å²) in [7, 11) is 0. The Morgan fingerprint density at radius 1 is 1.13 bits per heavy atom. The molecule has 0 atom stereocenters. The maximum atomic E-state index is 11.2. The summed E-state index contributed by atoms with van der Waals surface area (Å²) < 4.78 is 0. The van der Waals surface area contributed by atoms with E-state index in [9.17, 15) is 4.79 Å².